The number of nitrogens with two attached hydrogens (primary N) is 1. The number of carbonyl (C=O) groups excluding carboxylic acids is 1. The second kappa shape index (κ2) is 9.93. The first-order valence-corrected chi connectivity index (χ1v) is 11.8. The van der Waals surface area contributed by atoms with Gasteiger partial charge in [-0.15, -0.1) is 0 Å². The molecule has 0 fully saturated rings. The van der Waals surface area contributed by atoms with Crippen molar-refractivity contribution in [2.45, 2.75) is 20.8 Å². The molecule has 11 heteroatoms. The molecule has 0 atom stereocenters. The van der Waals surface area contributed by atoms with Gasteiger partial charge in [0.25, 0.3) is 0 Å². The van der Waals surface area contributed by atoms with Crippen LogP contribution in [-0.4, -0.2) is 30.4 Å². The number of rotatable bonds is 6. The van der Waals surface area contributed by atoms with E-state index in [1.165, 1.54) is 30.7 Å². The summed E-state index contributed by atoms with van der Waals surface area (Å²) in [6.45, 7) is 8.66. The minimum absolute atomic E-state index is 0.00331. The van der Waals surface area contributed by atoms with Gasteiger partial charge in [0, 0.05) is 40.5 Å². The molecule has 3 N–H and O–H groups in total. The minimum Gasteiger partial charge on any atom is -0.421 e. The molecule has 9 nitrogen and oxygen atoms in total. The summed E-state index contributed by atoms with van der Waals surface area (Å²) in [6, 6.07) is 8.82. The zero-order valence-corrected chi connectivity index (χ0v) is 21.3. The van der Waals surface area contributed by atoms with E-state index >= 15 is 8.78 Å². The van der Waals surface area contributed by atoms with Gasteiger partial charge in [-0.25, -0.2) is 28.7 Å². The molecular weight excluding hydrogens is 504 g/mol. The molecule has 3 aromatic heterocycles. The number of hydrogen-bond acceptors (Lipinski definition) is 7. The summed E-state index contributed by atoms with van der Waals surface area (Å²) in [5.41, 5.74) is 10.2. The number of nitrogens with zero attached hydrogens (tertiary/aromatic N) is 5. The Morgan fingerprint density at radius 3 is 2.56 bits per heavy atom. The lowest BCUT2D eigenvalue weighted by molar-refractivity contribution is -0.111. The first kappa shape index (κ1) is 25.5. The van der Waals surface area contributed by atoms with Gasteiger partial charge >= 0.3 is 6.01 Å². The average Bonchev–Trinajstić information content (AvgIpc) is 3.18. The van der Waals surface area contributed by atoms with Crippen LogP contribution in [0.25, 0.3) is 28.0 Å². The molecule has 0 saturated heterocycles. The summed E-state index contributed by atoms with van der Waals surface area (Å²) in [7, 11) is 0. The molecule has 196 valence electrons. The molecule has 0 aliphatic carbocycles. The molecular formula is C28H23F2N7O2. The van der Waals surface area contributed by atoms with Crippen molar-refractivity contribution in [1.82, 2.24) is 24.5 Å². The van der Waals surface area contributed by atoms with Gasteiger partial charge in [-0.3, -0.25) is 4.79 Å². The van der Waals surface area contributed by atoms with Gasteiger partial charge in [0.2, 0.25) is 5.91 Å². The highest BCUT2D eigenvalue weighted by atomic mass is 19.1. The third-order valence-corrected chi connectivity index (χ3v) is 6.13. The lowest BCUT2D eigenvalue weighted by Gasteiger charge is -2.17. The number of carbonyl (C=O) groups is 1. The first-order valence-electron chi connectivity index (χ1n) is 11.8. The zero-order valence-electron chi connectivity index (χ0n) is 21.3. The van der Waals surface area contributed by atoms with E-state index in [2.05, 4.69) is 31.8 Å². The van der Waals surface area contributed by atoms with Crippen molar-refractivity contribution in [2.24, 2.45) is 0 Å². The Balaban J connectivity index is 1.70. The van der Waals surface area contributed by atoms with Crippen LogP contribution in [0.2, 0.25) is 0 Å². The molecule has 0 bridgehead atoms. The van der Waals surface area contributed by atoms with E-state index in [4.69, 9.17) is 10.5 Å². The van der Waals surface area contributed by atoms with Crippen LogP contribution in [0.4, 0.5) is 20.3 Å². The number of ether oxygens (including phenoxy) is 1. The summed E-state index contributed by atoms with van der Waals surface area (Å²) in [6.07, 6.45) is 3.92. The number of anilines is 2. The fraction of sp³-hybridized carbons (Fsp3) is 0.107. The van der Waals surface area contributed by atoms with Crippen LogP contribution in [0, 0.1) is 32.4 Å². The predicted octanol–water partition coefficient (Wildman–Crippen LogP) is 5.58. The number of aromatic nitrogens is 5. The van der Waals surface area contributed by atoms with Crippen molar-refractivity contribution in [3.63, 3.8) is 0 Å². The second-order valence-electron chi connectivity index (χ2n) is 8.81. The molecule has 0 aliphatic rings. The Kier molecular flexibility index (Phi) is 6.48. The molecule has 0 spiro atoms. The van der Waals surface area contributed by atoms with E-state index in [0.717, 1.165) is 6.08 Å². The smallest absolute Gasteiger partial charge is 0.322 e. The number of fused-ring (bicyclic) bond motifs is 1. The van der Waals surface area contributed by atoms with Gasteiger partial charge in [-0.1, -0.05) is 6.58 Å². The topological polar surface area (TPSA) is 121 Å². The molecule has 0 radical (unpaired) electrons. The maximum absolute atomic E-state index is 15.7. The van der Waals surface area contributed by atoms with E-state index in [-0.39, 0.29) is 28.8 Å². The number of halogens is 2. The van der Waals surface area contributed by atoms with Crippen LogP contribution >= 0.6 is 0 Å². The fourth-order valence-corrected chi connectivity index (χ4v) is 4.43. The second-order valence-corrected chi connectivity index (χ2v) is 8.81. The van der Waals surface area contributed by atoms with Crippen LogP contribution in [0.3, 0.4) is 0 Å². The van der Waals surface area contributed by atoms with Crippen molar-refractivity contribution in [3.8, 4) is 28.7 Å². The average molecular weight is 528 g/mol. The van der Waals surface area contributed by atoms with Gasteiger partial charge in [-0.2, -0.15) is 0 Å². The summed E-state index contributed by atoms with van der Waals surface area (Å²) in [5, 5.41) is 2.57. The van der Waals surface area contributed by atoms with Gasteiger partial charge in [0.15, 0.2) is 17.4 Å². The van der Waals surface area contributed by atoms with Gasteiger partial charge < -0.3 is 20.4 Å². The van der Waals surface area contributed by atoms with Crippen LogP contribution < -0.4 is 15.8 Å². The fourth-order valence-electron chi connectivity index (χ4n) is 4.43. The Morgan fingerprint density at radius 2 is 1.87 bits per heavy atom. The normalized spacial score (nSPS) is 11.0. The Hall–Kier alpha value is -5.19. The molecule has 5 rings (SSSR count). The Labute approximate surface area is 222 Å². The third kappa shape index (κ3) is 4.65. The van der Waals surface area contributed by atoms with Crippen LogP contribution in [0.15, 0.2) is 61.6 Å². The minimum atomic E-state index is -0.696. The predicted molar refractivity (Wildman–Crippen MR) is 144 cm³/mol. The molecule has 0 saturated carbocycles. The molecule has 5 aromatic rings. The van der Waals surface area contributed by atoms with E-state index < -0.39 is 17.5 Å². The third-order valence-electron chi connectivity index (χ3n) is 6.13. The quantitative estimate of drug-likeness (QED) is 0.277. The number of amides is 1. The summed E-state index contributed by atoms with van der Waals surface area (Å²) in [5.74, 6) is -1.73. The highest BCUT2D eigenvalue weighted by molar-refractivity contribution is 6.00. The standard InChI is InChI=1S/C28H23F2N7O2/c1-5-22(38)36-17-10-14(2)23(20(30)11-17)25-16(4)24-26(27(31)34-13-33-24)37(25)18-6-7-21(19(29)12-18)39-28-32-9-8-15(3)35-28/h5-13H,1H2,2-4H3,(H,36,38)(H2,31,33,34). The molecule has 39 heavy (non-hydrogen) atoms. The molecule has 2 aromatic carbocycles. The molecule has 1 amide bonds. The number of nitrogen functional groups attached to an aromatic ring is 1. The van der Waals surface area contributed by atoms with Crippen molar-refractivity contribution < 1.29 is 18.3 Å². The maximum atomic E-state index is 15.7. The summed E-state index contributed by atoms with van der Waals surface area (Å²) in [4.78, 5) is 28.4. The van der Waals surface area contributed by atoms with Crippen LogP contribution in [0.1, 0.15) is 16.8 Å². The van der Waals surface area contributed by atoms with Gasteiger partial charge in [0.05, 0.1) is 11.2 Å². The maximum Gasteiger partial charge on any atom is 0.322 e. The molecule has 0 aliphatic heterocycles. The Bertz CT molecular complexity index is 1760. The van der Waals surface area contributed by atoms with Crippen molar-refractivity contribution in [1.29, 1.82) is 0 Å². The first-order chi connectivity index (χ1) is 18.7. The summed E-state index contributed by atoms with van der Waals surface area (Å²) < 4.78 is 38.2. The monoisotopic (exact) mass is 527 g/mol. The highest BCUT2D eigenvalue weighted by Crippen LogP contribution is 2.40. The SMILES string of the molecule is C=CC(=O)Nc1cc(C)c(-c2c(C)c3ncnc(N)c3n2-c2ccc(Oc3nccc(C)n3)c(F)c2)c(F)c1. The zero-order chi connectivity index (χ0) is 27.8. The van der Waals surface area contributed by atoms with Crippen molar-refractivity contribution >= 4 is 28.4 Å². The summed E-state index contributed by atoms with van der Waals surface area (Å²) >= 11 is 0. The van der Waals surface area contributed by atoms with E-state index in [9.17, 15) is 4.79 Å². The largest absolute Gasteiger partial charge is 0.421 e. The van der Waals surface area contributed by atoms with Crippen LogP contribution in [0.5, 0.6) is 11.8 Å². The Morgan fingerprint density at radius 1 is 1.08 bits per heavy atom. The lowest BCUT2D eigenvalue weighted by Crippen LogP contribution is -2.09. The van der Waals surface area contributed by atoms with Gasteiger partial charge in [0.1, 0.15) is 17.7 Å². The number of benzene rings is 2. The van der Waals surface area contributed by atoms with Gasteiger partial charge in [-0.05, 0) is 62.7 Å². The van der Waals surface area contributed by atoms with Crippen molar-refractivity contribution in [2.75, 3.05) is 11.1 Å². The molecule has 3 heterocycles. The number of aryl methyl sites for hydroxylation is 3. The molecule has 0 unspecified atom stereocenters. The highest BCUT2D eigenvalue weighted by Gasteiger charge is 2.25. The number of hydrogen-bond donors (Lipinski definition) is 2. The van der Waals surface area contributed by atoms with E-state index in [1.807, 2.05) is 0 Å². The van der Waals surface area contributed by atoms with Crippen LogP contribution in [-0.2, 0) is 4.79 Å². The van der Waals surface area contributed by atoms with E-state index in [0.29, 0.717) is 39.2 Å². The van der Waals surface area contributed by atoms with E-state index in [1.54, 1.807) is 43.5 Å². The van der Waals surface area contributed by atoms with Crippen molar-refractivity contribution in [3.05, 3.63) is 90.0 Å². The lowest BCUT2D eigenvalue weighted by atomic mass is 10.0. The number of nitrogens with one attached hydrogen (secondary N) is 1.